The Morgan fingerprint density at radius 2 is 1.83 bits per heavy atom. The minimum Gasteiger partial charge on any atom is -0.454 e. The largest absolute Gasteiger partial charge is 0.454 e. The lowest BCUT2D eigenvalue weighted by atomic mass is 10.1. The van der Waals surface area contributed by atoms with Gasteiger partial charge in [-0.05, 0) is 42.7 Å². The molecule has 8 nitrogen and oxygen atoms in total. The lowest BCUT2D eigenvalue weighted by Gasteiger charge is -2.40. The number of carbonyl (C=O) groups is 1. The van der Waals surface area contributed by atoms with Gasteiger partial charge in [-0.1, -0.05) is 43.0 Å². The van der Waals surface area contributed by atoms with Crippen molar-refractivity contribution in [2.75, 3.05) is 24.5 Å². The van der Waals surface area contributed by atoms with Crippen LogP contribution in [0.4, 0.5) is 14.6 Å². The van der Waals surface area contributed by atoms with Crippen molar-refractivity contribution in [3.05, 3.63) is 95.4 Å². The minimum atomic E-state index is -0.787. The van der Waals surface area contributed by atoms with Gasteiger partial charge in [0.15, 0.2) is 17.0 Å². The zero-order chi connectivity index (χ0) is 28.4. The number of nitrogens with zero attached hydrogens (tertiary/aromatic N) is 5. The molecular formula is C31H23F2N5O3. The smallest absolute Gasteiger partial charge is 0.355 e. The molecule has 1 aliphatic heterocycles. The van der Waals surface area contributed by atoms with Gasteiger partial charge in [0.2, 0.25) is 5.91 Å². The van der Waals surface area contributed by atoms with Gasteiger partial charge in [-0.3, -0.25) is 4.79 Å². The summed E-state index contributed by atoms with van der Waals surface area (Å²) in [4.78, 5) is 38.8. The standard InChI is InChI=1S/C31H23F2N5O3/c1-3-25(39)36-13-14-37(17(2)16-36)29-20-15-22(33)27-26-21(32)9-6-10-23(26)41-24-12-11-18-7-4-5-8-19(18)28(24)38(30(20)34-27)31(40)35-29/h3-12,15,17H,1,13-14,16H2,2H3/t17-/m0/s1. The fourth-order valence-electron chi connectivity index (χ4n) is 5.79. The second kappa shape index (κ2) is 9.22. The second-order valence-corrected chi connectivity index (χ2v) is 10.1. The Morgan fingerprint density at radius 1 is 1.00 bits per heavy atom. The van der Waals surface area contributed by atoms with E-state index in [-0.39, 0.29) is 50.9 Å². The van der Waals surface area contributed by atoms with E-state index in [1.807, 2.05) is 42.2 Å². The lowest BCUT2D eigenvalue weighted by molar-refractivity contribution is -0.126. The molecular weight excluding hydrogens is 528 g/mol. The van der Waals surface area contributed by atoms with Crippen molar-refractivity contribution in [1.29, 1.82) is 0 Å². The molecule has 3 aromatic carbocycles. The number of rotatable bonds is 2. The highest BCUT2D eigenvalue weighted by molar-refractivity contribution is 6.06. The highest BCUT2D eigenvalue weighted by Gasteiger charge is 2.29. The van der Waals surface area contributed by atoms with Crippen molar-refractivity contribution >= 4 is 61.1 Å². The van der Waals surface area contributed by atoms with Crippen molar-refractivity contribution in [3.8, 4) is 0 Å². The lowest BCUT2D eigenvalue weighted by Crippen LogP contribution is -2.54. The molecule has 0 unspecified atom stereocenters. The topological polar surface area (TPSA) is 84.0 Å². The van der Waals surface area contributed by atoms with Crippen molar-refractivity contribution in [2.24, 2.45) is 0 Å². The van der Waals surface area contributed by atoms with E-state index < -0.39 is 17.3 Å². The van der Waals surface area contributed by atoms with Crippen molar-refractivity contribution in [3.63, 3.8) is 0 Å². The molecule has 6 aromatic rings. The highest BCUT2D eigenvalue weighted by atomic mass is 19.1. The average molecular weight is 552 g/mol. The first-order chi connectivity index (χ1) is 19.9. The van der Waals surface area contributed by atoms with Gasteiger partial charge in [0.1, 0.15) is 28.3 Å². The molecule has 0 spiro atoms. The minimum absolute atomic E-state index is 0.0675. The fourth-order valence-corrected chi connectivity index (χ4v) is 5.79. The Hall–Kier alpha value is -5.12. The van der Waals surface area contributed by atoms with Gasteiger partial charge >= 0.3 is 5.69 Å². The number of fused-ring (bicyclic) bond motifs is 7. The third-order valence-electron chi connectivity index (χ3n) is 7.71. The van der Waals surface area contributed by atoms with Gasteiger partial charge in [0.25, 0.3) is 0 Å². The summed E-state index contributed by atoms with van der Waals surface area (Å²) in [5, 5.41) is 1.65. The molecule has 0 N–H and O–H groups in total. The Morgan fingerprint density at radius 3 is 2.63 bits per heavy atom. The number of hydrogen-bond donors (Lipinski definition) is 0. The Labute approximate surface area is 231 Å². The molecule has 2 bridgehead atoms. The zero-order valence-corrected chi connectivity index (χ0v) is 22.0. The van der Waals surface area contributed by atoms with E-state index in [0.717, 1.165) is 5.39 Å². The van der Waals surface area contributed by atoms with Gasteiger partial charge in [0, 0.05) is 31.1 Å². The average Bonchev–Trinajstić information content (AvgIpc) is 3.03. The molecule has 1 saturated heterocycles. The van der Waals surface area contributed by atoms with Crippen LogP contribution in [-0.2, 0) is 4.79 Å². The molecule has 1 fully saturated rings. The maximum atomic E-state index is 15.9. The summed E-state index contributed by atoms with van der Waals surface area (Å²) in [6, 6.07) is 16.2. The Balaban J connectivity index is 1.66. The van der Waals surface area contributed by atoms with Gasteiger partial charge in [-0.15, -0.1) is 0 Å². The number of hydrogen-bond acceptors (Lipinski definition) is 6. The molecule has 1 aliphatic rings. The fraction of sp³-hybridized carbons (Fsp3) is 0.161. The summed E-state index contributed by atoms with van der Waals surface area (Å²) >= 11 is 0. The predicted molar refractivity (Wildman–Crippen MR) is 154 cm³/mol. The van der Waals surface area contributed by atoms with Crippen LogP contribution in [0.1, 0.15) is 6.92 Å². The summed E-state index contributed by atoms with van der Waals surface area (Å²) in [7, 11) is 0. The SMILES string of the molecule is C=CC(=O)N1CCN(c2nc(=O)n3c4nc(c(F)cc24)c2c(F)cccc2oc2ccc4ccccc4c23)[C@@H](C)C1. The van der Waals surface area contributed by atoms with Crippen LogP contribution < -0.4 is 10.6 Å². The second-order valence-electron chi connectivity index (χ2n) is 10.1. The van der Waals surface area contributed by atoms with Crippen LogP contribution in [0.15, 0.2) is 82.5 Å². The van der Waals surface area contributed by atoms with E-state index >= 15 is 8.78 Å². The van der Waals surface area contributed by atoms with Gasteiger partial charge < -0.3 is 14.2 Å². The number of pyridine rings is 1. The van der Waals surface area contributed by atoms with Crippen molar-refractivity contribution in [2.45, 2.75) is 13.0 Å². The number of amides is 1. The van der Waals surface area contributed by atoms with E-state index in [0.29, 0.717) is 30.5 Å². The van der Waals surface area contributed by atoms with Crippen LogP contribution >= 0.6 is 0 Å². The first kappa shape index (κ1) is 24.9. The van der Waals surface area contributed by atoms with E-state index in [9.17, 15) is 9.59 Å². The summed E-state index contributed by atoms with van der Waals surface area (Å²) in [5.74, 6) is -1.44. The maximum Gasteiger partial charge on any atom is 0.355 e. The summed E-state index contributed by atoms with van der Waals surface area (Å²) < 4.78 is 38.7. The van der Waals surface area contributed by atoms with Crippen LogP contribution in [0.3, 0.4) is 0 Å². The molecule has 0 aliphatic carbocycles. The molecule has 7 rings (SSSR count). The quantitative estimate of drug-likeness (QED) is 0.270. The number of halogens is 2. The molecule has 204 valence electrons. The molecule has 3 aromatic heterocycles. The van der Waals surface area contributed by atoms with Crippen LogP contribution in [0.25, 0.3) is 49.4 Å². The molecule has 10 heteroatoms. The summed E-state index contributed by atoms with van der Waals surface area (Å²) in [6.07, 6.45) is 1.26. The number of benzene rings is 3. The van der Waals surface area contributed by atoms with E-state index in [1.54, 1.807) is 11.0 Å². The first-order valence-corrected chi connectivity index (χ1v) is 13.2. The number of aromatic nitrogens is 3. The predicted octanol–water partition coefficient (Wildman–Crippen LogP) is 5.36. The highest BCUT2D eigenvalue weighted by Crippen LogP contribution is 2.33. The monoisotopic (exact) mass is 551 g/mol. The van der Waals surface area contributed by atoms with E-state index in [4.69, 9.17) is 4.42 Å². The number of anilines is 1. The van der Waals surface area contributed by atoms with Crippen molar-refractivity contribution < 1.29 is 18.0 Å². The third kappa shape index (κ3) is 3.78. The zero-order valence-electron chi connectivity index (χ0n) is 22.0. The molecule has 1 amide bonds. The summed E-state index contributed by atoms with van der Waals surface area (Å²) in [6.45, 7) is 6.56. The van der Waals surface area contributed by atoms with Crippen LogP contribution in [0.5, 0.6) is 0 Å². The van der Waals surface area contributed by atoms with Crippen LogP contribution in [0, 0.1) is 11.6 Å². The number of piperazine rings is 1. The number of carbonyl (C=O) groups excluding carboxylic acids is 1. The Bertz CT molecular complexity index is 2170. The third-order valence-corrected chi connectivity index (χ3v) is 7.71. The van der Waals surface area contributed by atoms with Crippen molar-refractivity contribution in [1.82, 2.24) is 19.3 Å². The normalized spacial score (nSPS) is 15.8. The van der Waals surface area contributed by atoms with Crippen LogP contribution in [-0.4, -0.2) is 50.9 Å². The van der Waals surface area contributed by atoms with Gasteiger partial charge in [-0.25, -0.2) is 23.0 Å². The molecule has 0 saturated carbocycles. The van der Waals surface area contributed by atoms with E-state index in [1.165, 1.54) is 34.7 Å². The van der Waals surface area contributed by atoms with Crippen LogP contribution in [0.2, 0.25) is 0 Å². The first-order valence-electron chi connectivity index (χ1n) is 13.2. The molecule has 1 atom stereocenters. The van der Waals surface area contributed by atoms with Gasteiger partial charge in [0.05, 0.1) is 10.8 Å². The Kier molecular flexibility index (Phi) is 5.60. The van der Waals surface area contributed by atoms with E-state index in [2.05, 4.69) is 16.5 Å². The molecule has 41 heavy (non-hydrogen) atoms. The molecule has 0 radical (unpaired) electrons. The molecule has 4 heterocycles. The summed E-state index contributed by atoms with van der Waals surface area (Å²) in [5.41, 5.74) is -0.107. The van der Waals surface area contributed by atoms with Gasteiger partial charge in [-0.2, -0.15) is 4.98 Å². The maximum absolute atomic E-state index is 15.9.